The highest BCUT2D eigenvalue weighted by molar-refractivity contribution is 6.30. The summed E-state index contributed by atoms with van der Waals surface area (Å²) in [6.45, 7) is 7.13. The number of hydrogen-bond acceptors (Lipinski definition) is 4. The molecule has 4 rings (SSSR count). The summed E-state index contributed by atoms with van der Waals surface area (Å²) >= 11 is 5.93. The largest absolute Gasteiger partial charge is 0.351 e. The van der Waals surface area contributed by atoms with E-state index in [0.717, 1.165) is 63.4 Å². The van der Waals surface area contributed by atoms with Crippen LogP contribution in [-0.4, -0.2) is 86.0 Å². The Bertz CT molecular complexity index is 975. The fourth-order valence-electron chi connectivity index (χ4n) is 4.60. The molecule has 0 unspecified atom stereocenters. The monoisotopic (exact) mass is 483 g/mol. The average Bonchev–Trinajstić information content (AvgIpc) is 2.86. The zero-order valence-electron chi connectivity index (χ0n) is 19.8. The maximum atomic E-state index is 12.8. The molecule has 2 aromatic rings. The van der Waals surface area contributed by atoms with E-state index in [1.165, 1.54) is 0 Å². The first-order valence-corrected chi connectivity index (χ1v) is 12.5. The molecule has 2 aliphatic heterocycles. The highest BCUT2D eigenvalue weighted by Crippen LogP contribution is 2.28. The molecule has 0 radical (unpaired) electrons. The number of rotatable bonds is 6. The topological polar surface area (TPSA) is 67.9 Å². The van der Waals surface area contributed by atoms with Crippen molar-refractivity contribution in [1.29, 1.82) is 0 Å². The lowest BCUT2D eigenvalue weighted by atomic mass is 9.89. The molecule has 0 saturated carbocycles. The third-order valence-electron chi connectivity index (χ3n) is 6.73. The fourth-order valence-corrected chi connectivity index (χ4v) is 4.73. The smallest absolute Gasteiger partial charge is 0.321 e. The van der Waals surface area contributed by atoms with Crippen LogP contribution in [-0.2, 0) is 0 Å². The lowest BCUT2D eigenvalue weighted by Gasteiger charge is -2.33. The Morgan fingerprint density at radius 3 is 2.56 bits per heavy atom. The Kier molecular flexibility index (Phi) is 8.43. The van der Waals surface area contributed by atoms with E-state index < -0.39 is 0 Å². The number of benzene rings is 2. The Morgan fingerprint density at radius 2 is 1.79 bits per heavy atom. The lowest BCUT2D eigenvalue weighted by Crippen LogP contribution is -2.46. The molecule has 2 saturated heterocycles. The Balaban J connectivity index is 1.30. The van der Waals surface area contributed by atoms with Gasteiger partial charge in [0.05, 0.1) is 0 Å². The number of nitrogens with zero attached hydrogens (tertiary/aromatic N) is 3. The maximum absolute atomic E-state index is 12.8. The minimum atomic E-state index is -0.107. The van der Waals surface area contributed by atoms with E-state index in [1.54, 1.807) is 24.3 Å². The Labute approximate surface area is 207 Å². The molecule has 182 valence electrons. The molecule has 0 aliphatic carbocycles. The van der Waals surface area contributed by atoms with E-state index in [0.29, 0.717) is 23.7 Å². The van der Waals surface area contributed by atoms with E-state index >= 15 is 0 Å². The number of nitrogens with one attached hydrogen (secondary N) is 2. The van der Waals surface area contributed by atoms with Crippen molar-refractivity contribution >= 4 is 29.2 Å². The molecule has 8 heteroatoms. The van der Waals surface area contributed by atoms with Crippen LogP contribution in [0, 0.1) is 0 Å². The van der Waals surface area contributed by atoms with Crippen molar-refractivity contribution in [1.82, 2.24) is 20.0 Å². The third-order valence-corrected chi connectivity index (χ3v) is 6.99. The fraction of sp³-hybridized carbons (Fsp3) is 0.462. The minimum absolute atomic E-state index is 0.0378. The van der Waals surface area contributed by atoms with Gasteiger partial charge in [-0.15, -0.1) is 0 Å². The van der Waals surface area contributed by atoms with Crippen LogP contribution in [0.3, 0.4) is 0 Å². The van der Waals surface area contributed by atoms with Gasteiger partial charge in [-0.2, -0.15) is 0 Å². The normalized spacial score (nSPS) is 19.6. The van der Waals surface area contributed by atoms with Gasteiger partial charge in [0.25, 0.3) is 5.91 Å². The van der Waals surface area contributed by atoms with Crippen molar-refractivity contribution in [3.8, 4) is 0 Å². The van der Waals surface area contributed by atoms with Crippen LogP contribution in [0.25, 0.3) is 0 Å². The minimum Gasteiger partial charge on any atom is -0.351 e. The number of amides is 3. The standard InChI is InChI=1S/C26H34ClN5O2/c1-30-14-16-31(17-15-30)13-11-28-25(33)21-5-2-4-20(18-21)22-6-3-12-32(19-22)26(34)29-24-9-7-23(27)8-10-24/h2,4-5,7-10,18,22H,3,6,11-17,19H2,1H3,(H,28,33)(H,29,34)/t22-/m0/s1. The van der Waals surface area contributed by atoms with Crippen LogP contribution >= 0.6 is 11.6 Å². The van der Waals surface area contributed by atoms with E-state index in [2.05, 4.69) is 33.5 Å². The molecule has 0 spiro atoms. The first-order chi connectivity index (χ1) is 16.5. The third kappa shape index (κ3) is 6.72. The van der Waals surface area contributed by atoms with Gasteiger partial charge in [-0.05, 0) is 61.9 Å². The van der Waals surface area contributed by atoms with E-state index in [1.807, 2.05) is 23.1 Å². The first kappa shape index (κ1) is 24.5. The number of piperazine rings is 1. The Morgan fingerprint density at radius 1 is 1.03 bits per heavy atom. The number of piperidine rings is 1. The van der Waals surface area contributed by atoms with Crippen LogP contribution in [0.4, 0.5) is 10.5 Å². The van der Waals surface area contributed by atoms with Crippen molar-refractivity contribution < 1.29 is 9.59 Å². The summed E-state index contributed by atoms with van der Waals surface area (Å²) in [5.74, 6) is 0.173. The van der Waals surface area contributed by atoms with Gasteiger partial charge in [-0.3, -0.25) is 9.69 Å². The molecule has 1 atom stereocenters. The van der Waals surface area contributed by atoms with Gasteiger partial charge in [0.1, 0.15) is 0 Å². The Hall–Kier alpha value is -2.61. The van der Waals surface area contributed by atoms with E-state index in [-0.39, 0.29) is 17.9 Å². The van der Waals surface area contributed by atoms with Crippen molar-refractivity contribution in [2.24, 2.45) is 0 Å². The molecule has 34 heavy (non-hydrogen) atoms. The van der Waals surface area contributed by atoms with Gasteiger partial charge >= 0.3 is 6.03 Å². The summed E-state index contributed by atoms with van der Waals surface area (Å²) < 4.78 is 0. The molecule has 2 aromatic carbocycles. The molecule has 2 heterocycles. The zero-order valence-corrected chi connectivity index (χ0v) is 20.6. The molecule has 7 nitrogen and oxygen atoms in total. The van der Waals surface area contributed by atoms with Crippen LogP contribution in [0.15, 0.2) is 48.5 Å². The van der Waals surface area contributed by atoms with Crippen molar-refractivity contribution in [2.75, 3.05) is 64.7 Å². The zero-order chi connectivity index (χ0) is 23.9. The summed E-state index contributed by atoms with van der Waals surface area (Å²) in [4.78, 5) is 32.1. The molecule has 3 amide bonds. The molecule has 2 N–H and O–H groups in total. The summed E-state index contributed by atoms with van der Waals surface area (Å²) in [5.41, 5.74) is 2.51. The highest BCUT2D eigenvalue weighted by atomic mass is 35.5. The van der Waals surface area contributed by atoms with Crippen LogP contribution in [0.5, 0.6) is 0 Å². The second kappa shape index (κ2) is 11.7. The number of likely N-dealkylation sites (N-methyl/N-ethyl adjacent to an activating group) is 1. The van der Waals surface area contributed by atoms with Gasteiger partial charge < -0.3 is 20.4 Å². The highest BCUT2D eigenvalue weighted by Gasteiger charge is 2.25. The summed E-state index contributed by atoms with van der Waals surface area (Å²) in [6.07, 6.45) is 1.93. The SMILES string of the molecule is CN1CCN(CCNC(=O)c2cccc([C@H]3CCCN(C(=O)Nc4ccc(Cl)cc4)C3)c2)CC1. The van der Waals surface area contributed by atoms with Gasteiger partial charge in [0, 0.05) is 74.5 Å². The molecule has 2 aliphatic rings. The quantitative estimate of drug-likeness (QED) is 0.657. The van der Waals surface area contributed by atoms with Crippen LogP contribution in [0.2, 0.25) is 5.02 Å². The summed E-state index contributed by atoms with van der Waals surface area (Å²) in [6, 6.07) is 14.9. The van der Waals surface area contributed by atoms with Crippen molar-refractivity contribution in [3.05, 3.63) is 64.7 Å². The molecule has 0 bridgehead atoms. The van der Waals surface area contributed by atoms with Crippen LogP contribution < -0.4 is 10.6 Å². The second-order valence-electron chi connectivity index (χ2n) is 9.25. The number of hydrogen-bond donors (Lipinski definition) is 2. The number of anilines is 1. The maximum Gasteiger partial charge on any atom is 0.321 e. The van der Waals surface area contributed by atoms with Crippen molar-refractivity contribution in [2.45, 2.75) is 18.8 Å². The molecule has 2 fully saturated rings. The number of likely N-dealkylation sites (tertiary alicyclic amines) is 1. The second-order valence-corrected chi connectivity index (χ2v) is 9.68. The van der Waals surface area contributed by atoms with Gasteiger partial charge in [0.15, 0.2) is 0 Å². The lowest BCUT2D eigenvalue weighted by molar-refractivity contribution is 0.0940. The molecule has 0 aromatic heterocycles. The average molecular weight is 484 g/mol. The predicted octanol–water partition coefficient (Wildman–Crippen LogP) is 3.73. The van der Waals surface area contributed by atoms with Gasteiger partial charge in [-0.1, -0.05) is 23.7 Å². The number of halogens is 1. The van der Waals surface area contributed by atoms with Crippen LogP contribution in [0.1, 0.15) is 34.7 Å². The number of carbonyl (C=O) groups excluding carboxylic acids is 2. The summed E-state index contributed by atoms with van der Waals surface area (Å²) in [5, 5.41) is 6.66. The molecular weight excluding hydrogens is 450 g/mol. The first-order valence-electron chi connectivity index (χ1n) is 12.1. The molecular formula is C26H34ClN5O2. The van der Waals surface area contributed by atoms with E-state index in [4.69, 9.17) is 11.6 Å². The summed E-state index contributed by atoms with van der Waals surface area (Å²) in [7, 11) is 2.14. The van der Waals surface area contributed by atoms with Gasteiger partial charge in [-0.25, -0.2) is 4.79 Å². The predicted molar refractivity (Wildman–Crippen MR) is 137 cm³/mol. The number of carbonyl (C=O) groups is 2. The van der Waals surface area contributed by atoms with E-state index in [9.17, 15) is 9.59 Å². The van der Waals surface area contributed by atoms with Gasteiger partial charge in [0.2, 0.25) is 0 Å². The number of urea groups is 1. The van der Waals surface area contributed by atoms with Crippen molar-refractivity contribution in [3.63, 3.8) is 0 Å².